The highest BCUT2D eigenvalue weighted by atomic mass is 19.1. The third-order valence-electron chi connectivity index (χ3n) is 4.58. The zero-order valence-corrected chi connectivity index (χ0v) is 16.9. The third kappa shape index (κ3) is 4.23. The van der Waals surface area contributed by atoms with Crippen LogP contribution >= 0.6 is 0 Å². The largest absolute Gasteiger partial charge is 0.497 e. The SMILES string of the molecule is COc1ccc(-n2nc(C(=O)Nc3ccccc3OC)nc2-c2ccc(F)cc2)cc1. The van der Waals surface area contributed by atoms with Crippen LogP contribution in [0.25, 0.3) is 17.1 Å². The molecule has 1 aromatic heterocycles. The van der Waals surface area contributed by atoms with Crippen LogP contribution in [-0.4, -0.2) is 34.9 Å². The fraction of sp³-hybridized carbons (Fsp3) is 0.0870. The minimum atomic E-state index is -0.500. The number of benzene rings is 3. The highest BCUT2D eigenvalue weighted by Crippen LogP contribution is 2.26. The van der Waals surface area contributed by atoms with Crippen LogP contribution in [0.15, 0.2) is 72.8 Å². The first kappa shape index (κ1) is 20.1. The van der Waals surface area contributed by atoms with Gasteiger partial charge in [0.2, 0.25) is 5.82 Å². The average molecular weight is 418 g/mol. The Balaban J connectivity index is 1.75. The summed E-state index contributed by atoms with van der Waals surface area (Å²) in [7, 11) is 3.10. The van der Waals surface area contributed by atoms with Crippen molar-refractivity contribution in [3.05, 3.63) is 84.4 Å². The second-order valence-electron chi connectivity index (χ2n) is 6.53. The number of rotatable bonds is 6. The van der Waals surface area contributed by atoms with Crippen LogP contribution in [0, 0.1) is 5.82 Å². The molecule has 7 nitrogen and oxygen atoms in total. The van der Waals surface area contributed by atoms with Crippen molar-refractivity contribution in [3.8, 4) is 28.6 Å². The zero-order valence-electron chi connectivity index (χ0n) is 16.9. The summed E-state index contributed by atoms with van der Waals surface area (Å²) in [5.41, 5.74) is 1.78. The molecule has 1 heterocycles. The van der Waals surface area contributed by atoms with Crippen LogP contribution < -0.4 is 14.8 Å². The van der Waals surface area contributed by atoms with Gasteiger partial charge < -0.3 is 14.8 Å². The molecule has 0 bridgehead atoms. The summed E-state index contributed by atoms with van der Waals surface area (Å²) in [6.07, 6.45) is 0. The summed E-state index contributed by atoms with van der Waals surface area (Å²) in [5, 5.41) is 7.17. The van der Waals surface area contributed by atoms with Crippen molar-refractivity contribution in [2.75, 3.05) is 19.5 Å². The molecule has 0 radical (unpaired) electrons. The molecule has 8 heteroatoms. The topological polar surface area (TPSA) is 78.3 Å². The van der Waals surface area contributed by atoms with Gasteiger partial charge in [-0.15, -0.1) is 5.10 Å². The number of anilines is 1. The van der Waals surface area contributed by atoms with Crippen molar-refractivity contribution in [1.82, 2.24) is 14.8 Å². The van der Waals surface area contributed by atoms with E-state index in [0.717, 1.165) is 0 Å². The number of ether oxygens (including phenoxy) is 2. The second kappa shape index (κ2) is 8.66. The van der Waals surface area contributed by atoms with Gasteiger partial charge >= 0.3 is 0 Å². The molecule has 4 rings (SSSR count). The van der Waals surface area contributed by atoms with Crippen molar-refractivity contribution in [3.63, 3.8) is 0 Å². The number of hydrogen-bond acceptors (Lipinski definition) is 5. The standard InChI is InChI=1S/C23H19FN4O3/c1-30-18-13-11-17(12-14-18)28-22(15-7-9-16(24)10-8-15)26-21(27-28)23(29)25-19-5-3-4-6-20(19)31-2/h3-14H,1-2H3,(H,25,29). The number of para-hydroxylation sites is 2. The van der Waals surface area contributed by atoms with E-state index in [-0.39, 0.29) is 11.6 Å². The van der Waals surface area contributed by atoms with Gasteiger partial charge in [0.1, 0.15) is 17.3 Å². The molecule has 4 aromatic rings. The van der Waals surface area contributed by atoms with E-state index in [2.05, 4.69) is 15.4 Å². The summed E-state index contributed by atoms with van der Waals surface area (Å²) >= 11 is 0. The van der Waals surface area contributed by atoms with Crippen molar-refractivity contribution in [2.45, 2.75) is 0 Å². The molecule has 0 fully saturated rings. The molecule has 0 atom stereocenters. The van der Waals surface area contributed by atoms with Gasteiger partial charge in [-0.2, -0.15) is 0 Å². The number of halogens is 1. The summed E-state index contributed by atoms with van der Waals surface area (Å²) in [5.74, 6) is 0.690. The number of carbonyl (C=O) groups is 1. The van der Waals surface area contributed by atoms with E-state index in [9.17, 15) is 9.18 Å². The predicted molar refractivity (Wildman–Crippen MR) is 114 cm³/mol. The lowest BCUT2D eigenvalue weighted by molar-refractivity contribution is 0.101. The van der Waals surface area contributed by atoms with Crippen LogP contribution in [0.3, 0.4) is 0 Å². The van der Waals surface area contributed by atoms with Gasteiger partial charge in [-0.3, -0.25) is 4.79 Å². The van der Waals surface area contributed by atoms with Gasteiger partial charge in [0, 0.05) is 5.56 Å². The maximum absolute atomic E-state index is 13.4. The number of aromatic nitrogens is 3. The van der Waals surface area contributed by atoms with Gasteiger partial charge in [0.05, 0.1) is 25.6 Å². The van der Waals surface area contributed by atoms with Crippen LogP contribution in [-0.2, 0) is 0 Å². The Hall–Kier alpha value is -4.20. The third-order valence-corrected chi connectivity index (χ3v) is 4.58. The fourth-order valence-corrected chi connectivity index (χ4v) is 3.02. The van der Waals surface area contributed by atoms with Crippen molar-refractivity contribution in [1.29, 1.82) is 0 Å². The van der Waals surface area contributed by atoms with E-state index in [1.165, 1.54) is 23.9 Å². The first-order chi connectivity index (χ1) is 15.1. The number of carbonyl (C=O) groups excluding carboxylic acids is 1. The molecular weight excluding hydrogens is 399 g/mol. The predicted octanol–water partition coefficient (Wildman–Crippen LogP) is 4.34. The van der Waals surface area contributed by atoms with Gasteiger partial charge in [-0.1, -0.05) is 12.1 Å². The van der Waals surface area contributed by atoms with Gasteiger partial charge in [0.15, 0.2) is 5.82 Å². The van der Waals surface area contributed by atoms with Crippen LogP contribution in [0.5, 0.6) is 11.5 Å². The lowest BCUT2D eigenvalue weighted by atomic mass is 10.2. The number of amides is 1. The molecule has 0 unspecified atom stereocenters. The molecule has 0 spiro atoms. The minimum absolute atomic E-state index is 0.0407. The summed E-state index contributed by atoms with van der Waals surface area (Å²) in [6.45, 7) is 0. The molecule has 1 N–H and O–H groups in total. The molecule has 1 amide bonds. The number of hydrogen-bond donors (Lipinski definition) is 1. The second-order valence-corrected chi connectivity index (χ2v) is 6.53. The Morgan fingerprint density at radius 3 is 2.32 bits per heavy atom. The van der Waals surface area contributed by atoms with E-state index >= 15 is 0 Å². The molecule has 31 heavy (non-hydrogen) atoms. The van der Waals surface area contributed by atoms with Gasteiger partial charge in [0.25, 0.3) is 5.91 Å². The quantitative estimate of drug-likeness (QED) is 0.504. The van der Waals surface area contributed by atoms with Crippen molar-refractivity contribution in [2.24, 2.45) is 0 Å². The minimum Gasteiger partial charge on any atom is -0.497 e. The van der Waals surface area contributed by atoms with Gasteiger partial charge in [-0.25, -0.2) is 14.1 Å². The van der Waals surface area contributed by atoms with Crippen LogP contribution in [0.2, 0.25) is 0 Å². The van der Waals surface area contributed by atoms with E-state index in [4.69, 9.17) is 9.47 Å². The molecular formula is C23H19FN4O3. The van der Waals surface area contributed by atoms with Crippen molar-refractivity contribution < 1.29 is 18.7 Å². The normalized spacial score (nSPS) is 10.5. The van der Waals surface area contributed by atoms with E-state index in [1.807, 2.05) is 0 Å². The first-order valence-corrected chi connectivity index (χ1v) is 9.41. The van der Waals surface area contributed by atoms with Crippen LogP contribution in [0.4, 0.5) is 10.1 Å². The summed E-state index contributed by atoms with van der Waals surface area (Å²) in [4.78, 5) is 17.3. The highest BCUT2D eigenvalue weighted by molar-refractivity contribution is 6.02. The molecule has 0 saturated carbocycles. The zero-order chi connectivity index (χ0) is 21.8. The lowest BCUT2D eigenvalue weighted by Crippen LogP contribution is -2.15. The Kier molecular flexibility index (Phi) is 5.61. The first-order valence-electron chi connectivity index (χ1n) is 9.41. The molecule has 0 aliphatic carbocycles. The Bertz CT molecular complexity index is 1200. The smallest absolute Gasteiger partial charge is 0.295 e. The molecule has 0 saturated heterocycles. The maximum Gasteiger partial charge on any atom is 0.295 e. The Morgan fingerprint density at radius 1 is 0.935 bits per heavy atom. The Morgan fingerprint density at radius 2 is 1.65 bits per heavy atom. The average Bonchev–Trinajstić information content (AvgIpc) is 3.25. The van der Waals surface area contributed by atoms with Crippen molar-refractivity contribution >= 4 is 11.6 Å². The molecule has 0 aliphatic rings. The number of methoxy groups -OCH3 is 2. The van der Waals surface area contributed by atoms with Crippen LogP contribution in [0.1, 0.15) is 10.6 Å². The maximum atomic E-state index is 13.4. The molecule has 0 aliphatic heterocycles. The number of nitrogens with zero attached hydrogens (tertiary/aromatic N) is 3. The summed E-state index contributed by atoms with van der Waals surface area (Å²) in [6, 6.07) is 20.0. The lowest BCUT2D eigenvalue weighted by Gasteiger charge is -2.08. The van der Waals surface area contributed by atoms with E-state index in [1.54, 1.807) is 67.8 Å². The van der Waals surface area contributed by atoms with E-state index in [0.29, 0.717) is 34.3 Å². The number of nitrogens with one attached hydrogen (secondary N) is 1. The Labute approximate surface area is 178 Å². The molecule has 156 valence electrons. The van der Waals surface area contributed by atoms with E-state index < -0.39 is 5.91 Å². The monoisotopic (exact) mass is 418 g/mol. The highest BCUT2D eigenvalue weighted by Gasteiger charge is 2.20. The van der Waals surface area contributed by atoms with Gasteiger partial charge in [-0.05, 0) is 60.7 Å². The molecule has 3 aromatic carbocycles. The fourth-order valence-electron chi connectivity index (χ4n) is 3.02. The summed E-state index contributed by atoms with van der Waals surface area (Å²) < 4.78 is 25.4.